The quantitative estimate of drug-likeness (QED) is 0.776. The van der Waals surface area contributed by atoms with Crippen LogP contribution in [0.4, 0.5) is 5.82 Å². The normalized spacial score (nSPS) is 14.6. The van der Waals surface area contributed by atoms with E-state index in [0.29, 0.717) is 5.82 Å². The van der Waals surface area contributed by atoms with E-state index < -0.39 is 0 Å². The van der Waals surface area contributed by atoms with Crippen molar-refractivity contribution < 1.29 is 4.79 Å². The van der Waals surface area contributed by atoms with Gasteiger partial charge >= 0.3 is 0 Å². The molecule has 0 aromatic carbocycles. The van der Waals surface area contributed by atoms with Crippen LogP contribution < -0.4 is 5.32 Å². The number of nitrogens with zero attached hydrogens (tertiary/aromatic N) is 2. The van der Waals surface area contributed by atoms with Crippen LogP contribution in [-0.2, 0) is 4.79 Å². The fourth-order valence-electron chi connectivity index (χ4n) is 2.15. The first-order valence-electron chi connectivity index (χ1n) is 6.48. The van der Waals surface area contributed by atoms with E-state index in [0.717, 1.165) is 34.3 Å². The van der Waals surface area contributed by atoms with E-state index >= 15 is 0 Å². The van der Waals surface area contributed by atoms with Gasteiger partial charge in [-0.25, -0.2) is 4.98 Å². The predicted molar refractivity (Wildman–Crippen MR) is 78.6 cm³/mol. The number of fused-ring (bicyclic) bond motifs is 1. The van der Waals surface area contributed by atoms with Crippen LogP contribution in [0.3, 0.4) is 0 Å². The summed E-state index contributed by atoms with van der Waals surface area (Å²) in [6.07, 6.45) is 5.59. The minimum absolute atomic E-state index is 0.0751. The number of thiazole rings is 1. The molecule has 1 amide bonds. The van der Waals surface area contributed by atoms with Crippen molar-refractivity contribution in [1.82, 2.24) is 15.0 Å². The van der Waals surface area contributed by atoms with Gasteiger partial charge < -0.3 is 10.3 Å². The Morgan fingerprint density at radius 3 is 3.00 bits per heavy atom. The smallest absolute Gasteiger partial charge is 0.228 e. The monoisotopic (exact) mass is 284 g/mol. The molecular weight excluding hydrogens is 272 g/mol. The van der Waals surface area contributed by atoms with Gasteiger partial charge in [0.25, 0.3) is 0 Å². The Labute approximate surface area is 119 Å². The fraction of sp³-hybridized carbons (Fsp3) is 0.214. The third-order valence-electron chi connectivity index (χ3n) is 3.40. The number of carbonyl (C=O) groups excluding carboxylic acids is 1. The lowest BCUT2D eigenvalue weighted by atomic mass is 10.3. The Bertz CT molecular complexity index is 774. The number of nitrogens with one attached hydrogen (secondary N) is 2. The molecule has 0 unspecified atom stereocenters. The van der Waals surface area contributed by atoms with Crippen molar-refractivity contribution in [1.29, 1.82) is 0 Å². The molecule has 0 aliphatic heterocycles. The van der Waals surface area contributed by atoms with Gasteiger partial charge in [-0.05, 0) is 18.9 Å². The number of aromatic amines is 1. The first-order chi connectivity index (χ1) is 9.79. The first-order valence-corrected chi connectivity index (χ1v) is 7.36. The highest BCUT2D eigenvalue weighted by Crippen LogP contribution is 2.31. The van der Waals surface area contributed by atoms with Gasteiger partial charge in [0.1, 0.15) is 5.82 Å². The molecule has 20 heavy (non-hydrogen) atoms. The molecule has 1 aliphatic carbocycles. The zero-order chi connectivity index (χ0) is 13.5. The van der Waals surface area contributed by atoms with Crippen LogP contribution in [0.2, 0.25) is 0 Å². The zero-order valence-electron chi connectivity index (χ0n) is 10.6. The van der Waals surface area contributed by atoms with Gasteiger partial charge in [-0.1, -0.05) is 0 Å². The van der Waals surface area contributed by atoms with E-state index in [1.54, 1.807) is 23.0 Å². The second-order valence-electron chi connectivity index (χ2n) is 4.97. The van der Waals surface area contributed by atoms with Crippen molar-refractivity contribution in [2.45, 2.75) is 12.8 Å². The number of pyridine rings is 1. The van der Waals surface area contributed by atoms with Crippen molar-refractivity contribution in [2.24, 2.45) is 5.92 Å². The summed E-state index contributed by atoms with van der Waals surface area (Å²) in [5, 5.41) is 3.89. The summed E-state index contributed by atoms with van der Waals surface area (Å²) < 4.78 is 0. The lowest BCUT2D eigenvalue weighted by molar-refractivity contribution is -0.117. The Kier molecular flexibility index (Phi) is 2.56. The summed E-state index contributed by atoms with van der Waals surface area (Å²) >= 11 is 1.59. The molecule has 0 radical (unpaired) electrons. The lowest BCUT2D eigenvalue weighted by Crippen LogP contribution is -2.14. The molecule has 3 aromatic heterocycles. The summed E-state index contributed by atoms with van der Waals surface area (Å²) in [5.74, 6) is 0.863. The van der Waals surface area contributed by atoms with Crippen LogP contribution in [-0.4, -0.2) is 20.9 Å². The van der Waals surface area contributed by atoms with Crippen LogP contribution >= 0.6 is 11.3 Å². The Morgan fingerprint density at radius 1 is 1.35 bits per heavy atom. The number of carbonyl (C=O) groups is 1. The largest absolute Gasteiger partial charge is 0.354 e. The molecule has 3 heterocycles. The molecule has 6 heteroatoms. The second-order valence-corrected chi connectivity index (χ2v) is 5.86. The predicted octanol–water partition coefficient (Wildman–Crippen LogP) is 3.03. The number of aromatic nitrogens is 3. The number of anilines is 1. The first kappa shape index (κ1) is 11.6. The average molecular weight is 284 g/mol. The fourth-order valence-corrected chi connectivity index (χ4v) is 2.74. The highest BCUT2D eigenvalue weighted by atomic mass is 32.1. The molecule has 4 rings (SSSR count). The van der Waals surface area contributed by atoms with Gasteiger partial charge in [0.2, 0.25) is 5.91 Å². The van der Waals surface area contributed by atoms with Crippen molar-refractivity contribution in [3.63, 3.8) is 0 Å². The topological polar surface area (TPSA) is 70.7 Å². The number of rotatable bonds is 3. The maximum atomic E-state index is 11.7. The molecular formula is C14H12N4OS. The molecule has 1 aliphatic rings. The van der Waals surface area contributed by atoms with Crippen LogP contribution in [0.15, 0.2) is 30.0 Å². The third-order valence-corrected chi connectivity index (χ3v) is 4.21. The highest BCUT2D eigenvalue weighted by molar-refractivity contribution is 7.13. The Morgan fingerprint density at radius 2 is 2.25 bits per heavy atom. The number of hydrogen-bond acceptors (Lipinski definition) is 4. The maximum Gasteiger partial charge on any atom is 0.228 e. The van der Waals surface area contributed by atoms with Crippen molar-refractivity contribution in [2.75, 3.05) is 5.32 Å². The average Bonchev–Trinajstić information content (AvgIpc) is 3.00. The van der Waals surface area contributed by atoms with Gasteiger partial charge in [0, 0.05) is 29.8 Å². The molecule has 2 N–H and O–H groups in total. The van der Waals surface area contributed by atoms with Gasteiger partial charge in [0.15, 0.2) is 0 Å². The Balaban J connectivity index is 1.66. The van der Waals surface area contributed by atoms with E-state index in [2.05, 4.69) is 20.3 Å². The van der Waals surface area contributed by atoms with Crippen molar-refractivity contribution in [3.05, 3.63) is 30.0 Å². The number of amides is 1. The number of hydrogen-bond donors (Lipinski definition) is 2. The van der Waals surface area contributed by atoms with Gasteiger partial charge in [-0.15, -0.1) is 11.3 Å². The van der Waals surface area contributed by atoms with Gasteiger partial charge in [0.05, 0.1) is 21.6 Å². The minimum Gasteiger partial charge on any atom is -0.354 e. The molecule has 1 fully saturated rings. The highest BCUT2D eigenvalue weighted by Gasteiger charge is 2.29. The molecule has 1 saturated carbocycles. The molecule has 0 bridgehead atoms. The maximum absolute atomic E-state index is 11.7. The molecule has 5 nitrogen and oxygen atoms in total. The summed E-state index contributed by atoms with van der Waals surface area (Å²) in [6, 6.07) is 3.92. The SMILES string of the molecule is O=C(Nc1cc2[nH]c(-c3cncs3)cc2cn1)C1CC1. The summed E-state index contributed by atoms with van der Waals surface area (Å²) in [4.78, 5) is 24.5. The van der Waals surface area contributed by atoms with Crippen LogP contribution in [0.1, 0.15) is 12.8 Å². The van der Waals surface area contributed by atoms with Crippen LogP contribution in [0, 0.1) is 5.92 Å². The molecule has 100 valence electrons. The van der Waals surface area contributed by atoms with E-state index in [9.17, 15) is 4.79 Å². The van der Waals surface area contributed by atoms with Crippen LogP contribution in [0.25, 0.3) is 21.5 Å². The van der Waals surface area contributed by atoms with Crippen molar-refractivity contribution in [3.8, 4) is 10.6 Å². The second kappa shape index (κ2) is 4.42. The standard InChI is InChI=1S/C14H12N4OS/c19-14(8-1-2-8)18-13-4-10-9(5-16-13)3-11(17-10)12-6-15-7-20-12/h3-8,17H,1-2H2,(H,16,18,19). The summed E-state index contributed by atoms with van der Waals surface area (Å²) in [5.41, 5.74) is 3.80. The lowest BCUT2D eigenvalue weighted by Gasteiger charge is -2.02. The molecule has 0 atom stereocenters. The minimum atomic E-state index is 0.0751. The van der Waals surface area contributed by atoms with E-state index in [1.165, 1.54) is 0 Å². The van der Waals surface area contributed by atoms with Crippen molar-refractivity contribution >= 4 is 34.0 Å². The number of H-pyrrole nitrogens is 1. The van der Waals surface area contributed by atoms with E-state index in [1.807, 2.05) is 18.3 Å². The van der Waals surface area contributed by atoms with Gasteiger partial charge in [-0.2, -0.15) is 0 Å². The molecule has 3 aromatic rings. The molecule has 0 spiro atoms. The van der Waals surface area contributed by atoms with E-state index in [-0.39, 0.29) is 11.8 Å². The zero-order valence-corrected chi connectivity index (χ0v) is 11.4. The summed E-state index contributed by atoms with van der Waals surface area (Å²) in [6.45, 7) is 0. The summed E-state index contributed by atoms with van der Waals surface area (Å²) in [7, 11) is 0. The van der Waals surface area contributed by atoms with E-state index in [4.69, 9.17) is 0 Å². The molecule has 0 saturated heterocycles. The third kappa shape index (κ3) is 2.08. The Hall–Kier alpha value is -2.21. The van der Waals surface area contributed by atoms with Gasteiger partial charge in [-0.3, -0.25) is 9.78 Å². The van der Waals surface area contributed by atoms with Crippen LogP contribution in [0.5, 0.6) is 0 Å².